The van der Waals surface area contributed by atoms with E-state index in [9.17, 15) is 4.79 Å². The summed E-state index contributed by atoms with van der Waals surface area (Å²) in [5.74, 6) is -0.140. The van der Waals surface area contributed by atoms with E-state index in [-0.39, 0.29) is 5.91 Å². The van der Waals surface area contributed by atoms with Gasteiger partial charge in [-0.2, -0.15) is 0 Å². The minimum atomic E-state index is -0.140. The average molecular weight is 288 g/mol. The number of amides is 1. The van der Waals surface area contributed by atoms with Crippen LogP contribution in [0.15, 0.2) is 18.3 Å². The quantitative estimate of drug-likeness (QED) is 0.891. The first-order valence-electron chi connectivity index (χ1n) is 7.84. The number of rotatable bonds is 3. The lowest BCUT2D eigenvalue weighted by Crippen LogP contribution is -2.52. The van der Waals surface area contributed by atoms with Gasteiger partial charge in [-0.15, -0.1) is 0 Å². The van der Waals surface area contributed by atoms with E-state index in [0.717, 1.165) is 5.69 Å². The lowest BCUT2D eigenvalue weighted by atomic mass is 9.82. The second-order valence-electron chi connectivity index (χ2n) is 6.23. The van der Waals surface area contributed by atoms with Gasteiger partial charge in [0.05, 0.1) is 0 Å². The van der Waals surface area contributed by atoms with Gasteiger partial charge in [-0.1, -0.05) is 6.42 Å². The Bertz CT molecular complexity index is 505. The molecule has 0 radical (unpaired) electrons. The van der Waals surface area contributed by atoms with Crippen LogP contribution in [0, 0.1) is 0 Å². The number of anilines is 1. The Morgan fingerprint density at radius 3 is 2.71 bits per heavy atom. The molecule has 0 spiro atoms. The second kappa shape index (κ2) is 6.02. The zero-order valence-electron chi connectivity index (χ0n) is 12.8. The monoisotopic (exact) mass is 288 g/mol. The fourth-order valence-electron chi connectivity index (χ4n) is 3.74. The summed E-state index contributed by atoms with van der Waals surface area (Å²) in [6.07, 6.45) is 8.05. The molecule has 2 aliphatic rings. The van der Waals surface area contributed by atoms with Crippen molar-refractivity contribution in [1.29, 1.82) is 0 Å². The Hall–Kier alpha value is -1.62. The maximum atomic E-state index is 11.7. The normalized spacial score (nSPS) is 29.0. The number of nitrogens with one attached hydrogen (secondary N) is 2. The smallest absolute Gasteiger partial charge is 0.269 e. The van der Waals surface area contributed by atoms with Crippen LogP contribution < -0.4 is 10.6 Å². The predicted molar refractivity (Wildman–Crippen MR) is 83.5 cm³/mol. The Balaban J connectivity index is 1.68. The van der Waals surface area contributed by atoms with Crippen molar-refractivity contribution in [2.24, 2.45) is 0 Å². The van der Waals surface area contributed by atoms with Crippen LogP contribution >= 0.6 is 0 Å². The summed E-state index contributed by atoms with van der Waals surface area (Å²) in [6, 6.07) is 5.69. The van der Waals surface area contributed by atoms with Crippen LogP contribution in [-0.4, -0.2) is 48.0 Å². The van der Waals surface area contributed by atoms with E-state index >= 15 is 0 Å². The molecule has 1 aromatic heterocycles. The summed E-state index contributed by atoms with van der Waals surface area (Å²) in [4.78, 5) is 18.3. The summed E-state index contributed by atoms with van der Waals surface area (Å²) in [6.45, 7) is 0. The van der Waals surface area contributed by atoms with Crippen LogP contribution in [-0.2, 0) is 0 Å². The first-order chi connectivity index (χ1) is 10.2. The summed E-state index contributed by atoms with van der Waals surface area (Å²) in [7, 11) is 3.89. The fourth-order valence-corrected chi connectivity index (χ4v) is 3.74. The van der Waals surface area contributed by atoms with Gasteiger partial charge in [0.2, 0.25) is 0 Å². The zero-order chi connectivity index (χ0) is 14.8. The molecule has 0 aliphatic carbocycles. The molecule has 3 heterocycles. The highest BCUT2D eigenvalue weighted by atomic mass is 16.1. The molecule has 0 saturated carbocycles. The Kier molecular flexibility index (Phi) is 4.10. The van der Waals surface area contributed by atoms with Crippen molar-refractivity contribution >= 4 is 11.6 Å². The molecule has 1 aromatic rings. The lowest BCUT2D eigenvalue weighted by molar-refractivity contribution is 0.0608. The number of nitrogens with zero attached hydrogens (tertiary/aromatic N) is 2. The molecular weight excluding hydrogens is 264 g/mol. The minimum Gasteiger partial charge on any atom is -0.382 e. The molecule has 2 saturated heterocycles. The third-order valence-electron chi connectivity index (χ3n) is 4.93. The Morgan fingerprint density at radius 2 is 2.05 bits per heavy atom. The number of pyridine rings is 1. The summed E-state index contributed by atoms with van der Waals surface area (Å²) in [5, 5.41) is 6.22. The van der Waals surface area contributed by atoms with E-state index in [2.05, 4.69) is 27.6 Å². The molecule has 2 fully saturated rings. The standard InChI is InChI=1S/C16H24N4O/c1-17-16(21)15-10-11(6-7-18-15)19-12-8-13-4-3-5-14(9-12)20(13)2/h6-7,10,12-14H,3-5,8-9H2,1-2H3,(H,17,21)(H,18,19). The molecule has 3 rings (SSSR count). The van der Waals surface area contributed by atoms with Gasteiger partial charge < -0.3 is 15.5 Å². The highest BCUT2D eigenvalue weighted by Crippen LogP contribution is 2.33. The fraction of sp³-hybridized carbons (Fsp3) is 0.625. The van der Waals surface area contributed by atoms with E-state index in [1.165, 1.54) is 32.1 Å². The largest absolute Gasteiger partial charge is 0.382 e. The average Bonchev–Trinajstić information content (AvgIpc) is 2.48. The maximum Gasteiger partial charge on any atom is 0.269 e. The number of carbonyl (C=O) groups is 1. The third kappa shape index (κ3) is 3.02. The van der Waals surface area contributed by atoms with Crippen LogP contribution in [0.3, 0.4) is 0 Å². The van der Waals surface area contributed by atoms with E-state index in [4.69, 9.17) is 0 Å². The zero-order valence-corrected chi connectivity index (χ0v) is 12.8. The number of aromatic nitrogens is 1. The van der Waals surface area contributed by atoms with Crippen molar-refractivity contribution in [1.82, 2.24) is 15.2 Å². The highest BCUT2D eigenvalue weighted by molar-refractivity contribution is 5.92. The van der Waals surface area contributed by atoms with Crippen molar-refractivity contribution < 1.29 is 4.79 Å². The SMILES string of the molecule is CNC(=O)c1cc(NC2CC3CCCC(C2)N3C)ccn1. The van der Waals surface area contributed by atoms with Gasteiger partial charge in [-0.25, -0.2) is 0 Å². The van der Waals surface area contributed by atoms with Crippen LogP contribution in [0.2, 0.25) is 0 Å². The van der Waals surface area contributed by atoms with Crippen molar-refractivity contribution in [2.45, 2.75) is 50.2 Å². The Morgan fingerprint density at radius 1 is 1.33 bits per heavy atom. The summed E-state index contributed by atoms with van der Waals surface area (Å²) in [5.41, 5.74) is 1.46. The number of carbonyl (C=O) groups excluding carboxylic acids is 1. The van der Waals surface area contributed by atoms with E-state index in [1.807, 2.05) is 12.1 Å². The van der Waals surface area contributed by atoms with Gasteiger partial charge in [0, 0.05) is 37.1 Å². The highest BCUT2D eigenvalue weighted by Gasteiger charge is 2.35. The van der Waals surface area contributed by atoms with Crippen molar-refractivity contribution in [2.75, 3.05) is 19.4 Å². The molecule has 2 N–H and O–H groups in total. The van der Waals surface area contributed by atoms with Crippen LogP contribution in [0.1, 0.15) is 42.6 Å². The number of hydrogen-bond acceptors (Lipinski definition) is 4. The number of hydrogen-bond donors (Lipinski definition) is 2. The van der Waals surface area contributed by atoms with Crippen molar-refractivity contribution in [3.63, 3.8) is 0 Å². The van der Waals surface area contributed by atoms with Gasteiger partial charge in [0.25, 0.3) is 5.91 Å². The van der Waals surface area contributed by atoms with Crippen molar-refractivity contribution in [3.8, 4) is 0 Å². The molecule has 5 nitrogen and oxygen atoms in total. The van der Waals surface area contributed by atoms with E-state index in [0.29, 0.717) is 23.8 Å². The summed E-state index contributed by atoms with van der Waals surface area (Å²) >= 11 is 0. The predicted octanol–water partition coefficient (Wildman–Crippen LogP) is 1.87. The molecule has 1 amide bonds. The van der Waals surface area contributed by atoms with E-state index < -0.39 is 0 Å². The maximum absolute atomic E-state index is 11.7. The van der Waals surface area contributed by atoms with Gasteiger partial charge in [0.1, 0.15) is 5.69 Å². The molecular formula is C16H24N4O. The first-order valence-corrected chi connectivity index (χ1v) is 7.84. The van der Waals surface area contributed by atoms with Gasteiger partial charge in [-0.3, -0.25) is 9.78 Å². The molecule has 0 aromatic carbocycles. The molecule has 2 atom stereocenters. The third-order valence-corrected chi connectivity index (χ3v) is 4.93. The molecule has 21 heavy (non-hydrogen) atoms. The minimum absolute atomic E-state index is 0.140. The molecule has 5 heteroatoms. The van der Waals surface area contributed by atoms with E-state index in [1.54, 1.807) is 13.2 Å². The topological polar surface area (TPSA) is 57.3 Å². The van der Waals surface area contributed by atoms with Crippen LogP contribution in [0.25, 0.3) is 0 Å². The van der Waals surface area contributed by atoms with Crippen LogP contribution in [0.5, 0.6) is 0 Å². The second-order valence-corrected chi connectivity index (χ2v) is 6.23. The van der Waals surface area contributed by atoms with Gasteiger partial charge in [0.15, 0.2) is 0 Å². The number of piperidine rings is 2. The Labute approximate surface area is 126 Å². The van der Waals surface area contributed by atoms with Crippen LogP contribution in [0.4, 0.5) is 5.69 Å². The van der Waals surface area contributed by atoms with Gasteiger partial charge >= 0.3 is 0 Å². The lowest BCUT2D eigenvalue weighted by Gasteiger charge is -2.47. The summed E-state index contributed by atoms with van der Waals surface area (Å²) < 4.78 is 0. The first kappa shape index (κ1) is 14.3. The molecule has 114 valence electrons. The van der Waals surface area contributed by atoms with Gasteiger partial charge in [-0.05, 0) is 44.9 Å². The van der Waals surface area contributed by atoms with Crippen molar-refractivity contribution in [3.05, 3.63) is 24.0 Å². The molecule has 2 bridgehead atoms. The molecule has 2 unspecified atom stereocenters. The molecule has 2 aliphatic heterocycles. The number of fused-ring (bicyclic) bond motifs is 2.